The molecular weight excluding hydrogens is 352 g/mol. The van der Waals surface area contributed by atoms with E-state index in [1.807, 2.05) is 24.3 Å². The maximum absolute atomic E-state index is 12.1. The van der Waals surface area contributed by atoms with Crippen molar-refractivity contribution >= 4 is 17.8 Å². The first kappa shape index (κ1) is 18.4. The van der Waals surface area contributed by atoms with Gasteiger partial charge in [-0.25, -0.2) is 4.79 Å². The van der Waals surface area contributed by atoms with Crippen LogP contribution < -0.4 is 10.1 Å². The van der Waals surface area contributed by atoms with Crippen molar-refractivity contribution in [2.24, 2.45) is 0 Å². The van der Waals surface area contributed by atoms with Crippen molar-refractivity contribution in [1.82, 2.24) is 20.3 Å². The number of ether oxygens (including phenoxy) is 1. The number of carbonyl (C=O) groups is 3. The molecule has 0 unspecified atom stereocenters. The molecule has 1 aromatic carbocycles. The second-order valence-corrected chi connectivity index (χ2v) is 6.20. The summed E-state index contributed by atoms with van der Waals surface area (Å²) >= 11 is 0. The molecule has 2 aromatic rings. The Morgan fingerprint density at radius 3 is 2.56 bits per heavy atom. The highest BCUT2D eigenvalue weighted by Gasteiger charge is 2.41. The van der Waals surface area contributed by atoms with Gasteiger partial charge in [0.2, 0.25) is 5.91 Å². The van der Waals surface area contributed by atoms with Crippen molar-refractivity contribution in [2.45, 2.75) is 19.0 Å². The van der Waals surface area contributed by atoms with E-state index in [0.29, 0.717) is 11.5 Å². The molecule has 1 fully saturated rings. The van der Waals surface area contributed by atoms with E-state index in [1.165, 1.54) is 19.0 Å². The van der Waals surface area contributed by atoms with Gasteiger partial charge in [-0.3, -0.25) is 14.5 Å². The molecule has 27 heavy (non-hydrogen) atoms. The van der Waals surface area contributed by atoms with Gasteiger partial charge in [0.05, 0.1) is 20.1 Å². The predicted octanol–water partition coefficient (Wildman–Crippen LogP) is 1.25. The Bertz CT molecular complexity index is 861. The number of urea groups is 1. The SMILES string of the molecule is COc1ccc(-c2cc(CNC(=O)C[C@H]3C(=O)N(C)C(=O)N3C)no2)cc1. The minimum Gasteiger partial charge on any atom is -0.497 e. The van der Waals surface area contributed by atoms with Crippen LogP contribution in [0.4, 0.5) is 4.79 Å². The standard InChI is InChI=1S/C18H20N4O5/c1-21-14(17(24)22(2)18(21)25)9-16(23)19-10-12-8-15(27-20-12)11-4-6-13(26-3)7-5-11/h4-8,14H,9-10H2,1-3H3,(H,19,23)/t14-/m0/s1. The molecule has 0 bridgehead atoms. The summed E-state index contributed by atoms with van der Waals surface area (Å²) in [6.45, 7) is 0.160. The van der Waals surface area contributed by atoms with Gasteiger partial charge in [-0.2, -0.15) is 0 Å². The smallest absolute Gasteiger partial charge is 0.326 e. The fourth-order valence-electron chi connectivity index (χ4n) is 2.80. The number of amides is 4. The Labute approximate surface area is 155 Å². The van der Waals surface area contributed by atoms with Crippen LogP contribution in [0.3, 0.4) is 0 Å². The van der Waals surface area contributed by atoms with Crippen molar-refractivity contribution in [1.29, 1.82) is 0 Å². The molecule has 2 heterocycles. The highest BCUT2D eigenvalue weighted by Crippen LogP contribution is 2.23. The van der Waals surface area contributed by atoms with Crippen LogP contribution in [0.15, 0.2) is 34.9 Å². The van der Waals surface area contributed by atoms with Crippen LogP contribution in [0, 0.1) is 0 Å². The molecule has 1 aromatic heterocycles. The minimum absolute atomic E-state index is 0.103. The summed E-state index contributed by atoms with van der Waals surface area (Å²) in [5.74, 6) is 0.569. The lowest BCUT2D eigenvalue weighted by Gasteiger charge is -2.15. The van der Waals surface area contributed by atoms with Crippen molar-refractivity contribution < 1.29 is 23.6 Å². The zero-order valence-electron chi connectivity index (χ0n) is 15.3. The molecule has 1 aliphatic heterocycles. The molecular formula is C18H20N4O5. The van der Waals surface area contributed by atoms with E-state index in [4.69, 9.17) is 9.26 Å². The van der Waals surface area contributed by atoms with Crippen LogP contribution in [-0.4, -0.2) is 60.0 Å². The van der Waals surface area contributed by atoms with Crippen LogP contribution in [0.1, 0.15) is 12.1 Å². The van der Waals surface area contributed by atoms with Crippen molar-refractivity contribution in [2.75, 3.05) is 21.2 Å². The van der Waals surface area contributed by atoms with E-state index in [2.05, 4.69) is 10.5 Å². The second-order valence-electron chi connectivity index (χ2n) is 6.20. The monoisotopic (exact) mass is 372 g/mol. The third kappa shape index (κ3) is 3.76. The third-order valence-corrected chi connectivity index (χ3v) is 4.45. The van der Waals surface area contributed by atoms with Gasteiger partial charge in [0.1, 0.15) is 17.5 Å². The minimum atomic E-state index is -0.783. The number of imide groups is 1. The average molecular weight is 372 g/mol. The molecule has 0 saturated carbocycles. The summed E-state index contributed by atoms with van der Waals surface area (Å²) in [7, 11) is 4.49. The van der Waals surface area contributed by atoms with Gasteiger partial charge >= 0.3 is 6.03 Å². The predicted molar refractivity (Wildman–Crippen MR) is 94.7 cm³/mol. The zero-order valence-corrected chi connectivity index (χ0v) is 15.3. The van der Waals surface area contributed by atoms with E-state index in [9.17, 15) is 14.4 Å². The summed E-state index contributed by atoms with van der Waals surface area (Å²) in [5.41, 5.74) is 1.38. The summed E-state index contributed by atoms with van der Waals surface area (Å²) in [6.07, 6.45) is -0.103. The second kappa shape index (κ2) is 7.48. The average Bonchev–Trinajstić information content (AvgIpc) is 3.23. The molecule has 1 saturated heterocycles. The van der Waals surface area contributed by atoms with Crippen LogP contribution in [0.2, 0.25) is 0 Å². The number of hydrogen-bond acceptors (Lipinski definition) is 6. The Hall–Kier alpha value is -3.36. The first-order chi connectivity index (χ1) is 12.9. The number of likely N-dealkylation sites (N-methyl/N-ethyl adjacent to an activating group) is 2. The number of hydrogen-bond donors (Lipinski definition) is 1. The summed E-state index contributed by atoms with van der Waals surface area (Å²) in [5, 5.41) is 6.62. The molecule has 1 aliphatic rings. The van der Waals surface area contributed by atoms with E-state index in [1.54, 1.807) is 13.2 Å². The van der Waals surface area contributed by atoms with Gasteiger partial charge in [0.25, 0.3) is 5.91 Å². The van der Waals surface area contributed by atoms with Crippen molar-refractivity contribution in [3.05, 3.63) is 36.0 Å². The molecule has 9 nitrogen and oxygen atoms in total. The molecule has 4 amide bonds. The number of carbonyl (C=O) groups excluding carboxylic acids is 3. The number of nitrogens with zero attached hydrogens (tertiary/aromatic N) is 3. The highest BCUT2D eigenvalue weighted by molar-refractivity contribution is 6.05. The Balaban J connectivity index is 1.56. The molecule has 1 atom stereocenters. The highest BCUT2D eigenvalue weighted by atomic mass is 16.5. The van der Waals surface area contributed by atoms with Gasteiger partial charge in [-0.15, -0.1) is 0 Å². The fraction of sp³-hybridized carbons (Fsp3) is 0.333. The molecule has 0 radical (unpaired) electrons. The molecule has 9 heteroatoms. The molecule has 0 aliphatic carbocycles. The first-order valence-corrected chi connectivity index (χ1v) is 8.31. The Morgan fingerprint density at radius 2 is 1.96 bits per heavy atom. The summed E-state index contributed by atoms with van der Waals surface area (Å²) in [4.78, 5) is 38.1. The molecule has 142 valence electrons. The Kier molecular flexibility index (Phi) is 5.11. The van der Waals surface area contributed by atoms with E-state index in [-0.39, 0.29) is 24.8 Å². The number of benzene rings is 1. The van der Waals surface area contributed by atoms with Crippen LogP contribution >= 0.6 is 0 Å². The van der Waals surface area contributed by atoms with E-state index < -0.39 is 12.1 Å². The third-order valence-electron chi connectivity index (χ3n) is 4.45. The van der Waals surface area contributed by atoms with Gasteiger partial charge in [0, 0.05) is 25.7 Å². The molecule has 3 rings (SSSR count). The van der Waals surface area contributed by atoms with Crippen LogP contribution in [-0.2, 0) is 16.1 Å². The topological polar surface area (TPSA) is 105 Å². The van der Waals surface area contributed by atoms with Crippen molar-refractivity contribution in [3.8, 4) is 17.1 Å². The lowest BCUT2D eigenvalue weighted by Crippen LogP contribution is -2.37. The largest absolute Gasteiger partial charge is 0.497 e. The maximum Gasteiger partial charge on any atom is 0.326 e. The van der Waals surface area contributed by atoms with Crippen LogP contribution in [0.25, 0.3) is 11.3 Å². The number of aromatic nitrogens is 1. The van der Waals surface area contributed by atoms with Crippen LogP contribution in [0.5, 0.6) is 5.75 Å². The van der Waals surface area contributed by atoms with Gasteiger partial charge in [-0.05, 0) is 24.3 Å². The number of methoxy groups -OCH3 is 1. The number of nitrogens with one attached hydrogen (secondary N) is 1. The van der Waals surface area contributed by atoms with E-state index >= 15 is 0 Å². The van der Waals surface area contributed by atoms with Crippen molar-refractivity contribution in [3.63, 3.8) is 0 Å². The maximum atomic E-state index is 12.1. The fourth-order valence-corrected chi connectivity index (χ4v) is 2.80. The Morgan fingerprint density at radius 1 is 1.26 bits per heavy atom. The summed E-state index contributed by atoms with van der Waals surface area (Å²) in [6, 6.07) is 7.84. The lowest BCUT2D eigenvalue weighted by atomic mass is 10.1. The molecule has 1 N–H and O–H groups in total. The first-order valence-electron chi connectivity index (χ1n) is 8.31. The molecule has 0 spiro atoms. The number of rotatable bonds is 6. The summed E-state index contributed by atoms with van der Waals surface area (Å²) < 4.78 is 10.4. The van der Waals surface area contributed by atoms with Gasteiger partial charge in [0.15, 0.2) is 5.76 Å². The van der Waals surface area contributed by atoms with Gasteiger partial charge < -0.3 is 19.5 Å². The van der Waals surface area contributed by atoms with Gasteiger partial charge in [-0.1, -0.05) is 5.16 Å². The lowest BCUT2D eigenvalue weighted by molar-refractivity contribution is -0.131. The zero-order chi connectivity index (χ0) is 19.6. The normalized spacial score (nSPS) is 16.8. The van der Waals surface area contributed by atoms with E-state index in [0.717, 1.165) is 16.2 Å². The quantitative estimate of drug-likeness (QED) is 0.765.